The Balaban J connectivity index is 2.69. The van der Waals surface area contributed by atoms with E-state index in [9.17, 15) is 4.79 Å². The van der Waals surface area contributed by atoms with E-state index in [1.807, 2.05) is 40.0 Å². The van der Waals surface area contributed by atoms with Gasteiger partial charge in [0.25, 0.3) is 5.56 Å². The largest absolute Gasteiger partial charge is 0.339 e. The summed E-state index contributed by atoms with van der Waals surface area (Å²) in [5.74, 6) is 0.877. The summed E-state index contributed by atoms with van der Waals surface area (Å²) in [4.78, 5) is 16.3. The number of nitrogens with one attached hydrogen (secondary N) is 1. The van der Waals surface area contributed by atoms with Crippen LogP contribution in [0.25, 0.3) is 0 Å². The average molecular weight is 265 g/mol. The Morgan fingerprint density at radius 3 is 2.67 bits per heavy atom. The van der Waals surface area contributed by atoms with Crippen molar-refractivity contribution in [2.45, 2.75) is 38.7 Å². The van der Waals surface area contributed by atoms with Crippen LogP contribution in [-0.2, 0) is 0 Å². The SMILES string of the molecule is CSC1(C)N=C(C)c2ccc(=O)n(C(C)C)c2N1. The van der Waals surface area contributed by atoms with Gasteiger partial charge in [-0.1, -0.05) is 0 Å². The van der Waals surface area contributed by atoms with Gasteiger partial charge in [-0.05, 0) is 40.0 Å². The van der Waals surface area contributed by atoms with Gasteiger partial charge in [0.05, 0.1) is 0 Å². The molecule has 0 bridgehead atoms. The number of nitrogens with zero attached hydrogens (tertiary/aromatic N) is 2. The maximum Gasteiger partial charge on any atom is 0.252 e. The number of pyridine rings is 1. The van der Waals surface area contributed by atoms with Gasteiger partial charge in [-0.25, -0.2) is 0 Å². The van der Waals surface area contributed by atoms with Crippen LogP contribution in [0, 0.1) is 0 Å². The molecular formula is C13H19N3OS. The molecule has 98 valence electrons. The fourth-order valence-corrected chi connectivity index (χ4v) is 2.64. The van der Waals surface area contributed by atoms with Crippen molar-refractivity contribution in [1.82, 2.24) is 4.57 Å². The minimum atomic E-state index is -0.401. The van der Waals surface area contributed by atoms with Gasteiger partial charge in [-0.15, -0.1) is 11.8 Å². The lowest BCUT2D eigenvalue weighted by molar-refractivity contribution is 0.574. The Bertz CT molecular complexity index is 562. The molecule has 0 amide bonds. The Morgan fingerprint density at radius 2 is 2.11 bits per heavy atom. The molecule has 1 N–H and O–H groups in total. The molecule has 0 fully saturated rings. The molecule has 1 aliphatic rings. The van der Waals surface area contributed by atoms with E-state index in [1.165, 1.54) is 0 Å². The summed E-state index contributed by atoms with van der Waals surface area (Å²) in [6, 6.07) is 3.58. The summed E-state index contributed by atoms with van der Waals surface area (Å²) in [7, 11) is 0. The van der Waals surface area contributed by atoms with Crippen LogP contribution in [-0.4, -0.2) is 21.5 Å². The predicted molar refractivity (Wildman–Crippen MR) is 78.8 cm³/mol. The van der Waals surface area contributed by atoms with Crippen LogP contribution in [0.15, 0.2) is 21.9 Å². The highest BCUT2D eigenvalue weighted by molar-refractivity contribution is 8.00. The first-order chi connectivity index (χ1) is 8.38. The number of aliphatic imine (C=N–C) groups is 1. The number of hydrogen-bond donors (Lipinski definition) is 1. The van der Waals surface area contributed by atoms with Crippen molar-refractivity contribution < 1.29 is 0 Å². The molecular weight excluding hydrogens is 246 g/mol. The molecule has 18 heavy (non-hydrogen) atoms. The van der Waals surface area contributed by atoms with Gasteiger partial charge >= 0.3 is 0 Å². The normalized spacial score (nSPS) is 22.4. The Kier molecular flexibility index (Phi) is 3.27. The lowest BCUT2D eigenvalue weighted by Gasteiger charge is -2.34. The second kappa shape index (κ2) is 4.46. The molecule has 4 nitrogen and oxygen atoms in total. The van der Waals surface area contributed by atoms with Gasteiger partial charge in [0.1, 0.15) is 5.82 Å². The first-order valence-electron chi connectivity index (χ1n) is 6.03. The summed E-state index contributed by atoms with van der Waals surface area (Å²) in [5.41, 5.74) is 2.00. The number of fused-ring (bicyclic) bond motifs is 1. The molecule has 1 unspecified atom stereocenters. The molecule has 1 aliphatic heterocycles. The minimum Gasteiger partial charge on any atom is -0.339 e. The Labute approximate surface area is 112 Å². The summed E-state index contributed by atoms with van der Waals surface area (Å²) in [5, 5.41) is 3.38. The monoisotopic (exact) mass is 265 g/mol. The maximum absolute atomic E-state index is 12.0. The molecule has 5 heteroatoms. The van der Waals surface area contributed by atoms with Crippen molar-refractivity contribution >= 4 is 23.3 Å². The molecule has 0 spiro atoms. The lowest BCUT2D eigenvalue weighted by atomic mass is 10.1. The summed E-state index contributed by atoms with van der Waals surface area (Å²) in [6.45, 7) is 8.04. The average Bonchev–Trinajstić information content (AvgIpc) is 2.27. The smallest absolute Gasteiger partial charge is 0.252 e. The first-order valence-corrected chi connectivity index (χ1v) is 7.26. The highest BCUT2D eigenvalue weighted by Gasteiger charge is 2.30. The Morgan fingerprint density at radius 1 is 1.44 bits per heavy atom. The second-order valence-electron chi connectivity index (χ2n) is 4.91. The molecule has 0 saturated heterocycles. The predicted octanol–water partition coefficient (Wildman–Crippen LogP) is 2.70. The van der Waals surface area contributed by atoms with Gasteiger partial charge in [0, 0.05) is 23.4 Å². The molecule has 1 aromatic rings. The van der Waals surface area contributed by atoms with Crippen LogP contribution in [0.4, 0.5) is 5.82 Å². The van der Waals surface area contributed by atoms with Gasteiger partial charge in [0.15, 0.2) is 4.99 Å². The van der Waals surface area contributed by atoms with E-state index in [-0.39, 0.29) is 11.6 Å². The van der Waals surface area contributed by atoms with Crippen molar-refractivity contribution in [1.29, 1.82) is 0 Å². The standard InChI is InChI=1S/C13H19N3OS/c1-8(2)16-11(17)7-6-10-9(3)14-13(4,18-5)15-12(10)16/h6-8,15H,1-5H3. The second-order valence-corrected chi connectivity index (χ2v) is 6.11. The van der Waals surface area contributed by atoms with Gasteiger partial charge in [-0.3, -0.25) is 14.4 Å². The van der Waals surface area contributed by atoms with Crippen molar-refractivity contribution in [2.75, 3.05) is 11.6 Å². The first kappa shape index (κ1) is 13.2. The van der Waals surface area contributed by atoms with E-state index in [1.54, 1.807) is 22.4 Å². The molecule has 1 atom stereocenters. The number of thioether (sulfide) groups is 1. The third-order valence-corrected chi connectivity index (χ3v) is 4.15. The van der Waals surface area contributed by atoms with Crippen LogP contribution < -0.4 is 10.9 Å². The number of anilines is 1. The van der Waals surface area contributed by atoms with Crippen LogP contribution in [0.2, 0.25) is 0 Å². The topological polar surface area (TPSA) is 46.4 Å². The molecule has 0 aromatic carbocycles. The maximum atomic E-state index is 12.0. The van der Waals surface area contributed by atoms with Crippen LogP contribution in [0.1, 0.15) is 39.3 Å². The number of rotatable bonds is 2. The molecule has 0 radical (unpaired) electrons. The summed E-state index contributed by atoms with van der Waals surface area (Å²) in [6.07, 6.45) is 2.01. The zero-order valence-electron chi connectivity index (χ0n) is 11.4. The van der Waals surface area contributed by atoms with E-state index < -0.39 is 4.99 Å². The van der Waals surface area contributed by atoms with Gasteiger partial charge < -0.3 is 5.32 Å². The molecule has 2 rings (SSSR count). The van der Waals surface area contributed by atoms with Crippen LogP contribution in [0.3, 0.4) is 0 Å². The van der Waals surface area contributed by atoms with Crippen LogP contribution >= 0.6 is 11.8 Å². The van der Waals surface area contributed by atoms with Crippen LogP contribution in [0.5, 0.6) is 0 Å². The fourth-order valence-electron chi connectivity index (χ4n) is 2.21. The minimum absolute atomic E-state index is 0.0226. The van der Waals surface area contributed by atoms with Crippen molar-refractivity contribution in [2.24, 2.45) is 4.99 Å². The fraction of sp³-hybridized carbons (Fsp3) is 0.538. The third-order valence-electron chi connectivity index (χ3n) is 3.16. The van der Waals surface area contributed by atoms with E-state index >= 15 is 0 Å². The summed E-state index contributed by atoms with van der Waals surface area (Å²) >= 11 is 1.63. The van der Waals surface area contributed by atoms with E-state index in [0.717, 1.165) is 17.1 Å². The molecule has 0 saturated carbocycles. The van der Waals surface area contributed by atoms with Crippen molar-refractivity contribution in [3.63, 3.8) is 0 Å². The number of aromatic nitrogens is 1. The highest BCUT2D eigenvalue weighted by Crippen LogP contribution is 2.33. The van der Waals surface area contributed by atoms with Gasteiger partial charge in [0.2, 0.25) is 0 Å². The molecule has 2 heterocycles. The zero-order chi connectivity index (χ0) is 13.5. The van der Waals surface area contributed by atoms with E-state index in [0.29, 0.717) is 0 Å². The zero-order valence-corrected chi connectivity index (χ0v) is 12.3. The van der Waals surface area contributed by atoms with E-state index in [4.69, 9.17) is 0 Å². The third kappa shape index (κ3) is 2.07. The Hall–Kier alpha value is -1.23. The van der Waals surface area contributed by atoms with Crippen molar-refractivity contribution in [3.8, 4) is 0 Å². The van der Waals surface area contributed by atoms with Gasteiger partial charge in [-0.2, -0.15) is 0 Å². The van der Waals surface area contributed by atoms with E-state index in [2.05, 4.69) is 10.3 Å². The summed E-state index contributed by atoms with van der Waals surface area (Å²) < 4.78 is 1.79. The molecule has 1 aromatic heterocycles. The lowest BCUT2D eigenvalue weighted by Crippen LogP contribution is -2.38. The van der Waals surface area contributed by atoms with Crippen molar-refractivity contribution in [3.05, 3.63) is 28.0 Å². The highest BCUT2D eigenvalue weighted by atomic mass is 32.2. The quantitative estimate of drug-likeness (QED) is 0.894. The molecule has 0 aliphatic carbocycles. The number of hydrogen-bond acceptors (Lipinski definition) is 4.